The molecule has 0 bridgehead atoms. The molecule has 136 valence electrons. The first kappa shape index (κ1) is 17.7. The zero-order chi connectivity index (χ0) is 18.4. The summed E-state index contributed by atoms with van der Waals surface area (Å²) in [6.07, 6.45) is -1.33. The second kappa shape index (κ2) is 6.82. The number of hydrogen-bond donors (Lipinski definition) is 3. The highest BCUT2D eigenvalue weighted by molar-refractivity contribution is 14.1. The molecule has 26 heavy (non-hydrogen) atoms. The van der Waals surface area contributed by atoms with E-state index in [-0.39, 0.29) is 5.56 Å². The van der Waals surface area contributed by atoms with Crippen LogP contribution in [0.1, 0.15) is 17.9 Å². The maximum Gasteiger partial charge on any atom is 0.164 e. The SMILES string of the molecule is O[C@@H]1[C@H](O)[C@@H]([C@H](O)c2ccc(I)c(F)c2)O[C@H]1n1ccc2cncnc21. The molecule has 1 saturated heterocycles. The maximum atomic E-state index is 13.8. The lowest BCUT2D eigenvalue weighted by atomic mass is 9.99. The minimum atomic E-state index is -1.35. The number of benzene rings is 1. The van der Waals surface area contributed by atoms with Gasteiger partial charge in [-0.15, -0.1) is 0 Å². The number of hydrogen-bond acceptors (Lipinski definition) is 6. The van der Waals surface area contributed by atoms with E-state index in [4.69, 9.17) is 4.74 Å². The quantitative estimate of drug-likeness (QED) is 0.502. The van der Waals surface area contributed by atoms with Crippen molar-refractivity contribution in [3.63, 3.8) is 0 Å². The molecule has 2 aromatic heterocycles. The highest BCUT2D eigenvalue weighted by Gasteiger charge is 2.47. The van der Waals surface area contributed by atoms with Gasteiger partial charge in [0.15, 0.2) is 6.23 Å². The second-order valence-corrected chi connectivity index (χ2v) is 7.28. The van der Waals surface area contributed by atoms with Crippen molar-refractivity contribution >= 4 is 33.6 Å². The zero-order valence-electron chi connectivity index (χ0n) is 13.3. The molecule has 1 fully saturated rings. The van der Waals surface area contributed by atoms with Gasteiger partial charge in [-0.1, -0.05) is 6.07 Å². The van der Waals surface area contributed by atoms with E-state index in [9.17, 15) is 19.7 Å². The van der Waals surface area contributed by atoms with Gasteiger partial charge in [-0.3, -0.25) is 0 Å². The van der Waals surface area contributed by atoms with E-state index in [2.05, 4.69) is 9.97 Å². The van der Waals surface area contributed by atoms with Gasteiger partial charge in [-0.25, -0.2) is 14.4 Å². The number of aliphatic hydroxyl groups excluding tert-OH is 3. The minimum absolute atomic E-state index is 0.263. The van der Waals surface area contributed by atoms with Gasteiger partial charge in [0.05, 0.1) is 0 Å². The predicted octanol–water partition coefficient (Wildman–Crippen LogP) is 1.53. The van der Waals surface area contributed by atoms with Crippen LogP contribution < -0.4 is 0 Å². The molecular weight excluding hydrogens is 456 g/mol. The highest BCUT2D eigenvalue weighted by atomic mass is 127. The van der Waals surface area contributed by atoms with E-state index < -0.39 is 36.5 Å². The molecule has 3 heterocycles. The Morgan fingerprint density at radius 3 is 2.81 bits per heavy atom. The average molecular weight is 471 g/mol. The van der Waals surface area contributed by atoms with Gasteiger partial charge >= 0.3 is 0 Å². The summed E-state index contributed by atoms with van der Waals surface area (Å²) >= 11 is 1.85. The van der Waals surface area contributed by atoms with Crippen molar-refractivity contribution in [2.24, 2.45) is 0 Å². The third-order valence-electron chi connectivity index (χ3n) is 4.52. The summed E-state index contributed by atoms with van der Waals surface area (Å²) in [4.78, 5) is 8.09. The molecule has 1 aliphatic rings. The van der Waals surface area contributed by atoms with Crippen molar-refractivity contribution < 1.29 is 24.4 Å². The van der Waals surface area contributed by atoms with Crippen molar-refractivity contribution in [3.05, 3.63) is 57.9 Å². The van der Waals surface area contributed by atoms with Crippen LogP contribution in [0.25, 0.3) is 11.0 Å². The predicted molar refractivity (Wildman–Crippen MR) is 97.5 cm³/mol. The Labute approximate surface area is 161 Å². The molecule has 0 saturated carbocycles. The van der Waals surface area contributed by atoms with Crippen molar-refractivity contribution in [3.8, 4) is 0 Å². The largest absolute Gasteiger partial charge is 0.387 e. The van der Waals surface area contributed by atoms with Crippen LogP contribution in [0.5, 0.6) is 0 Å². The topological polar surface area (TPSA) is 101 Å². The third kappa shape index (κ3) is 2.89. The fourth-order valence-electron chi connectivity index (χ4n) is 3.17. The second-order valence-electron chi connectivity index (χ2n) is 6.12. The van der Waals surface area contributed by atoms with Crippen molar-refractivity contribution in [1.82, 2.24) is 14.5 Å². The molecule has 0 unspecified atom stereocenters. The first-order valence-corrected chi connectivity index (χ1v) is 8.96. The highest BCUT2D eigenvalue weighted by Crippen LogP contribution is 2.37. The third-order valence-corrected chi connectivity index (χ3v) is 5.40. The first-order chi connectivity index (χ1) is 12.5. The Balaban J connectivity index is 1.64. The van der Waals surface area contributed by atoms with Gasteiger partial charge in [0, 0.05) is 21.4 Å². The van der Waals surface area contributed by atoms with E-state index in [1.54, 1.807) is 29.1 Å². The minimum Gasteiger partial charge on any atom is -0.387 e. The summed E-state index contributed by atoms with van der Waals surface area (Å²) in [5.41, 5.74) is 0.797. The number of fused-ring (bicyclic) bond motifs is 1. The average Bonchev–Trinajstić information content (AvgIpc) is 3.19. The number of halogens is 2. The molecular formula is C17H15FIN3O4. The van der Waals surface area contributed by atoms with Crippen LogP contribution in [-0.2, 0) is 4.74 Å². The molecule has 0 radical (unpaired) electrons. The van der Waals surface area contributed by atoms with E-state index in [1.807, 2.05) is 22.6 Å². The Bertz CT molecular complexity index is 953. The van der Waals surface area contributed by atoms with Gasteiger partial charge in [-0.05, 0) is 46.4 Å². The van der Waals surface area contributed by atoms with Crippen LogP contribution in [0.2, 0.25) is 0 Å². The smallest absolute Gasteiger partial charge is 0.164 e. The summed E-state index contributed by atoms with van der Waals surface area (Å²) in [5, 5.41) is 32.1. The number of nitrogens with zero attached hydrogens (tertiary/aromatic N) is 3. The van der Waals surface area contributed by atoms with Gasteiger partial charge in [-0.2, -0.15) is 0 Å². The molecule has 1 aromatic carbocycles. The van der Waals surface area contributed by atoms with Gasteiger partial charge in [0.1, 0.15) is 42.2 Å². The maximum absolute atomic E-state index is 13.8. The van der Waals surface area contributed by atoms with E-state index in [0.29, 0.717) is 9.22 Å². The van der Waals surface area contributed by atoms with Crippen LogP contribution in [-0.4, -0.2) is 48.2 Å². The van der Waals surface area contributed by atoms with Crippen LogP contribution in [0.15, 0.2) is 43.0 Å². The molecule has 0 spiro atoms. The van der Waals surface area contributed by atoms with Crippen molar-refractivity contribution in [2.75, 3.05) is 0 Å². The van der Waals surface area contributed by atoms with E-state index in [1.165, 1.54) is 18.5 Å². The molecule has 3 N–H and O–H groups in total. The first-order valence-electron chi connectivity index (χ1n) is 7.88. The number of rotatable bonds is 3. The molecule has 0 aliphatic carbocycles. The molecule has 1 aliphatic heterocycles. The van der Waals surface area contributed by atoms with E-state index in [0.717, 1.165) is 5.39 Å². The number of aromatic nitrogens is 3. The fourth-order valence-corrected chi connectivity index (χ4v) is 3.50. The number of aliphatic hydroxyl groups is 3. The lowest BCUT2D eigenvalue weighted by Gasteiger charge is -2.21. The van der Waals surface area contributed by atoms with Crippen LogP contribution >= 0.6 is 22.6 Å². The molecule has 7 nitrogen and oxygen atoms in total. The van der Waals surface area contributed by atoms with Crippen molar-refractivity contribution in [1.29, 1.82) is 0 Å². The fraction of sp³-hybridized carbons (Fsp3) is 0.294. The Morgan fingerprint density at radius 2 is 2.04 bits per heavy atom. The van der Waals surface area contributed by atoms with Crippen LogP contribution in [0.3, 0.4) is 0 Å². The summed E-state index contributed by atoms with van der Waals surface area (Å²) in [7, 11) is 0. The van der Waals surface area contributed by atoms with Crippen molar-refractivity contribution in [2.45, 2.75) is 30.6 Å². The number of ether oxygens (including phenoxy) is 1. The standard InChI is InChI=1S/C17H15FIN3O4/c18-10-5-8(1-2-11(10)19)12(23)15-13(24)14(25)17(26-15)22-4-3-9-6-20-7-21-16(9)22/h1-7,12-15,17,23-25H/t12-,13+,14-,15-,17-/m1/s1. The monoisotopic (exact) mass is 471 g/mol. The summed E-state index contributed by atoms with van der Waals surface area (Å²) in [6, 6.07) is 6.04. The van der Waals surface area contributed by atoms with Crippen LogP contribution in [0.4, 0.5) is 4.39 Å². The Hall–Kier alpha value is -1.66. The molecule has 5 atom stereocenters. The summed E-state index contributed by atoms with van der Waals surface area (Å²) < 4.78 is 21.5. The molecule has 4 rings (SSSR count). The molecule has 0 amide bonds. The lowest BCUT2D eigenvalue weighted by molar-refractivity contribution is -0.0849. The normalized spacial score (nSPS) is 27.1. The zero-order valence-corrected chi connectivity index (χ0v) is 15.4. The van der Waals surface area contributed by atoms with Gasteiger partial charge in [0.25, 0.3) is 0 Å². The summed E-state index contributed by atoms with van der Waals surface area (Å²) in [5.74, 6) is -0.472. The molecule has 9 heteroatoms. The van der Waals surface area contributed by atoms with Gasteiger partial charge < -0.3 is 24.6 Å². The van der Waals surface area contributed by atoms with Crippen LogP contribution in [0, 0.1) is 9.39 Å². The van der Waals surface area contributed by atoms with Gasteiger partial charge in [0.2, 0.25) is 0 Å². The Kier molecular flexibility index (Phi) is 4.65. The summed E-state index contributed by atoms with van der Waals surface area (Å²) in [6.45, 7) is 0. The lowest BCUT2D eigenvalue weighted by Crippen LogP contribution is -2.34. The Morgan fingerprint density at radius 1 is 1.23 bits per heavy atom. The molecule has 3 aromatic rings. The van der Waals surface area contributed by atoms with E-state index >= 15 is 0 Å².